The lowest BCUT2D eigenvalue weighted by molar-refractivity contribution is 0.235. The Morgan fingerprint density at radius 1 is 1.05 bits per heavy atom. The number of imidazole rings is 1. The molecule has 0 amide bonds. The summed E-state index contributed by atoms with van der Waals surface area (Å²) in [7, 11) is 0. The molecule has 2 heterocycles. The van der Waals surface area contributed by atoms with E-state index in [0.717, 1.165) is 19.6 Å². The first-order chi connectivity index (χ1) is 9.93. The fourth-order valence-corrected chi connectivity index (χ4v) is 2.75. The molecule has 3 rings (SSSR count). The van der Waals surface area contributed by atoms with E-state index in [1.165, 1.54) is 37.3 Å². The largest absolute Gasteiger partial charge is 0.331 e. The molecule has 4 heteroatoms. The number of hydrogen-bond donors (Lipinski definition) is 1. The molecule has 0 bridgehead atoms. The molecule has 0 radical (unpaired) electrons. The van der Waals surface area contributed by atoms with Crippen LogP contribution in [0.4, 0.5) is 0 Å². The highest BCUT2D eigenvalue weighted by molar-refractivity contribution is 5.58. The molecule has 1 fully saturated rings. The number of aromatic nitrogens is 2. The van der Waals surface area contributed by atoms with E-state index in [1.807, 2.05) is 12.5 Å². The molecule has 0 spiro atoms. The summed E-state index contributed by atoms with van der Waals surface area (Å²) in [6.45, 7) is 6.81. The molecule has 1 aliphatic heterocycles. The van der Waals surface area contributed by atoms with Gasteiger partial charge in [0.15, 0.2) is 0 Å². The summed E-state index contributed by atoms with van der Waals surface area (Å²) >= 11 is 0. The fourth-order valence-electron chi connectivity index (χ4n) is 2.75. The standard InChI is InChI=1S/C16H22N4/c1-2-5-15(6-3-1)16-13-18-14-20(16)10-4-9-19-11-7-17-8-12-19/h1-3,5-6,13-14,17H,4,7-12H2. The summed E-state index contributed by atoms with van der Waals surface area (Å²) in [6.07, 6.45) is 5.08. The number of hydrogen-bond acceptors (Lipinski definition) is 3. The molecular weight excluding hydrogens is 248 g/mol. The van der Waals surface area contributed by atoms with Crippen molar-refractivity contribution in [3.63, 3.8) is 0 Å². The second-order valence-corrected chi connectivity index (χ2v) is 5.28. The van der Waals surface area contributed by atoms with E-state index in [2.05, 4.69) is 50.1 Å². The molecule has 106 valence electrons. The molecule has 1 N–H and O–H groups in total. The van der Waals surface area contributed by atoms with Gasteiger partial charge in [-0.2, -0.15) is 0 Å². The maximum absolute atomic E-state index is 4.30. The van der Waals surface area contributed by atoms with Crippen molar-refractivity contribution >= 4 is 0 Å². The summed E-state index contributed by atoms with van der Waals surface area (Å²) < 4.78 is 2.26. The van der Waals surface area contributed by atoms with Gasteiger partial charge < -0.3 is 14.8 Å². The Labute approximate surface area is 120 Å². The molecule has 1 aromatic carbocycles. The lowest BCUT2D eigenvalue weighted by Crippen LogP contribution is -2.43. The van der Waals surface area contributed by atoms with Crippen LogP contribution in [0.15, 0.2) is 42.9 Å². The van der Waals surface area contributed by atoms with E-state index in [-0.39, 0.29) is 0 Å². The van der Waals surface area contributed by atoms with Crippen molar-refractivity contribution in [2.75, 3.05) is 32.7 Å². The average Bonchev–Trinajstić information content (AvgIpc) is 2.98. The topological polar surface area (TPSA) is 33.1 Å². The van der Waals surface area contributed by atoms with Gasteiger partial charge in [0.1, 0.15) is 0 Å². The Balaban J connectivity index is 1.57. The van der Waals surface area contributed by atoms with E-state index in [4.69, 9.17) is 0 Å². The lowest BCUT2D eigenvalue weighted by Gasteiger charge is -2.27. The number of aryl methyl sites for hydroxylation is 1. The second kappa shape index (κ2) is 6.68. The Kier molecular flexibility index (Phi) is 4.46. The van der Waals surface area contributed by atoms with Crippen molar-refractivity contribution in [1.82, 2.24) is 19.8 Å². The molecule has 2 aromatic rings. The SMILES string of the molecule is c1ccc(-c2cncn2CCCN2CCNCC2)cc1. The van der Waals surface area contributed by atoms with Crippen molar-refractivity contribution < 1.29 is 0 Å². The first kappa shape index (κ1) is 13.3. The van der Waals surface area contributed by atoms with Crippen molar-refractivity contribution in [2.45, 2.75) is 13.0 Å². The Morgan fingerprint density at radius 2 is 1.85 bits per heavy atom. The second-order valence-electron chi connectivity index (χ2n) is 5.28. The van der Waals surface area contributed by atoms with Crippen LogP contribution >= 0.6 is 0 Å². The van der Waals surface area contributed by atoms with Gasteiger partial charge in [-0.15, -0.1) is 0 Å². The normalized spacial score (nSPS) is 16.4. The zero-order valence-corrected chi connectivity index (χ0v) is 11.8. The van der Waals surface area contributed by atoms with Crippen LogP contribution in [0, 0.1) is 0 Å². The summed E-state index contributed by atoms with van der Waals surface area (Å²) in [6, 6.07) is 10.5. The van der Waals surface area contributed by atoms with Crippen LogP contribution in [-0.4, -0.2) is 47.2 Å². The van der Waals surface area contributed by atoms with E-state index in [1.54, 1.807) is 0 Å². The number of piperazine rings is 1. The minimum Gasteiger partial charge on any atom is -0.331 e. The summed E-state index contributed by atoms with van der Waals surface area (Å²) in [5.74, 6) is 0. The molecule has 0 saturated carbocycles. The summed E-state index contributed by atoms with van der Waals surface area (Å²) in [5, 5.41) is 3.39. The van der Waals surface area contributed by atoms with Crippen molar-refractivity contribution in [2.24, 2.45) is 0 Å². The Morgan fingerprint density at radius 3 is 2.65 bits per heavy atom. The minimum atomic E-state index is 1.04. The van der Waals surface area contributed by atoms with Gasteiger partial charge in [-0.3, -0.25) is 0 Å². The molecule has 0 aliphatic carbocycles. The highest BCUT2D eigenvalue weighted by Crippen LogP contribution is 2.18. The maximum atomic E-state index is 4.30. The molecule has 4 nitrogen and oxygen atoms in total. The highest BCUT2D eigenvalue weighted by Gasteiger charge is 2.09. The first-order valence-electron chi connectivity index (χ1n) is 7.42. The van der Waals surface area contributed by atoms with Crippen LogP contribution < -0.4 is 5.32 Å². The van der Waals surface area contributed by atoms with Gasteiger partial charge in [-0.1, -0.05) is 30.3 Å². The summed E-state index contributed by atoms with van der Waals surface area (Å²) in [5.41, 5.74) is 2.46. The Bertz CT molecular complexity index is 514. The average molecular weight is 270 g/mol. The van der Waals surface area contributed by atoms with Crippen molar-refractivity contribution in [3.05, 3.63) is 42.9 Å². The van der Waals surface area contributed by atoms with Crippen LogP contribution in [0.1, 0.15) is 6.42 Å². The molecule has 0 unspecified atom stereocenters. The van der Waals surface area contributed by atoms with Crippen LogP contribution in [-0.2, 0) is 6.54 Å². The van der Waals surface area contributed by atoms with Gasteiger partial charge in [0.05, 0.1) is 18.2 Å². The van der Waals surface area contributed by atoms with Gasteiger partial charge >= 0.3 is 0 Å². The van der Waals surface area contributed by atoms with E-state index < -0.39 is 0 Å². The fraction of sp³-hybridized carbons (Fsp3) is 0.438. The van der Waals surface area contributed by atoms with Crippen LogP contribution in [0.3, 0.4) is 0 Å². The third kappa shape index (κ3) is 3.26. The molecule has 1 aliphatic rings. The van der Waals surface area contributed by atoms with Crippen molar-refractivity contribution in [1.29, 1.82) is 0 Å². The van der Waals surface area contributed by atoms with Gasteiger partial charge in [0.2, 0.25) is 0 Å². The highest BCUT2D eigenvalue weighted by atomic mass is 15.2. The molecule has 1 aromatic heterocycles. The number of benzene rings is 1. The van der Waals surface area contributed by atoms with E-state index >= 15 is 0 Å². The van der Waals surface area contributed by atoms with Crippen molar-refractivity contribution in [3.8, 4) is 11.3 Å². The minimum absolute atomic E-state index is 1.04. The monoisotopic (exact) mass is 270 g/mol. The molecule has 20 heavy (non-hydrogen) atoms. The first-order valence-corrected chi connectivity index (χ1v) is 7.42. The zero-order valence-electron chi connectivity index (χ0n) is 11.8. The number of nitrogens with zero attached hydrogens (tertiary/aromatic N) is 3. The molecular formula is C16H22N4. The molecule has 1 saturated heterocycles. The van der Waals surface area contributed by atoms with Gasteiger partial charge in [0, 0.05) is 32.7 Å². The van der Waals surface area contributed by atoms with Gasteiger partial charge in [-0.25, -0.2) is 4.98 Å². The quantitative estimate of drug-likeness (QED) is 0.900. The predicted molar refractivity (Wildman–Crippen MR) is 81.6 cm³/mol. The van der Waals surface area contributed by atoms with Gasteiger partial charge in [-0.05, 0) is 18.5 Å². The summed E-state index contributed by atoms with van der Waals surface area (Å²) in [4.78, 5) is 6.84. The number of nitrogens with one attached hydrogen (secondary N) is 1. The van der Waals surface area contributed by atoms with E-state index in [0.29, 0.717) is 0 Å². The zero-order chi connectivity index (χ0) is 13.6. The number of rotatable bonds is 5. The smallest absolute Gasteiger partial charge is 0.0950 e. The lowest BCUT2D eigenvalue weighted by atomic mass is 10.1. The molecule has 0 atom stereocenters. The maximum Gasteiger partial charge on any atom is 0.0950 e. The van der Waals surface area contributed by atoms with Crippen LogP contribution in [0.25, 0.3) is 11.3 Å². The van der Waals surface area contributed by atoms with E-state index in [9.17, 15) is 0 Å². The predicted octanol–water partition coefficient (Wildman–Crippen LogP) is 1.85. The third-order valence-corrected chi connectivity index (χ3v) is 3.86. The third-order valence-electron chi connectivity index (χ3n) is 3.86. The van der Waals surface area contributed by atoms with Crippen LogP contribution in [0.5, 0.6) is 0 Å². The van der Waals surface area contributed by atoms with Crippen LogP contribution in [0.2, 0.25) is 0 Å². The Hall–Kier alpha value is -1.65. The van der Waals surface area contributed by atoms with Gasteiger partial charge in [0.25, 0.3) is 0 Å².